The molecule has 1 fully saturated rings. The molecule has 0 unspecified atom stereocenters. The number of aromatic nitrogens is 1. The first-order valence-corrected chi connectivity index (χ1v) is 7.94. The largest absolute Gasteiger partial charge is 0.493 e. The molecule has 0 aliphatic heterocycles. The fourth-order valence-electron chi connectivity index (χ4n) is 3.08. The summed E-state index contributed by atoms with van der Waals surface area (Å²) >= 11 is 0. The second-order valence-corrected chi connectivity index (χ2v) is 5.82. The molecule has 0 amide bonds. The van der Waals surface area contributed by atoms with E-state index >= 15 is 0 Å². The molecule has 0 radical (unpaired) electrons. The van der Waals surface area contributed by atoms with Crippen LogP contribution in [0.3, 0.4) is 0 Å². The zero-order chi connectivity index (χ0) is 16.2. The summed E-state index contributed by atoms with van der Waals surface area (Å²) in [5.41, 5.74) is 0.859. The number of pyridine rings is 1. The van der Waals surface area contributed by atoms with Crippen molar-refractivity contribution in [2.45, 2.75) is 37.9 Å². The number of fused-ring (bicyclic) bond motifs is 1. The fraction of sp³-hybridized carbons (Fsp3) is 0.500. The van der Waals surface area contributed by atoms with E-state index in [9.17, 15) is 0 Å². The molecule has 1 heterocycles. The molecule has 0 atom stereocenters. The van der Waals surface area contributed by atoms with Crippen LogP contribution < -0.4 is 14.2 Å². The van der Waals surface area contributed by atoms with Crippen molar-refractivity contribution < 1.29 is 18.9 Å². The number of ether oxygens (including phenoxy) is 4. The van der Waals surface area contributed by atoms with Gasteiger partial charge in [-0.05, 0) is 37.8 Å². The molecule has 0 N–H and O–H groups in total. The van der Waals surface area contributed by atoms with E-state index in [4.69, 9.17) is 18.9 Å². The molecule has 2 aromatic rings. The second-order valence-electron chi connectivity index (χ2n) is 5.82. The molecule has 0 bridgehead atoms. The minimum Gasteiger partial charge on any atom is -0.493 e. The predicted octanol–water partition coefficient (Wildman–Crippen LogP) is 3.59. The molecular formula is C18H23NO4. The summed E-state index contributed by atoms with van der Waals surface area (Å²) in [6.45, 7) is 0. The molecule has 3 rings (SSSR count). The number of methoxy groups -OCH3 is 3. The minimum atomic E-state index is 0.237. The van der Waals surface area contributed by atoms with Crippen LogP contribution in [-0.4, -0.2) is 38.5 Å². The van der Waals surface area contributed by atoms with Crippen LogP contribution in [0, 0.1) is 0 Å². The number of benzene rings is 1. The van der Waals surface area contributed by atoms with Gasteiger partial charge in [0.2, 0.25) is 0 Å². The lowest BCUT2D eigenvalue weighted by atomic mass is 9.95. The summed E-state index contributed by atoms with van der Waals surface area (Å²) in [7, 11) is 5.03. The van der Waals surface area contributed by atoms with Crippen molar-refractivity contribution in [2.75, 3.05) is 21.3 Å². The Kier molecular flexibility index (Phi) is 4.86. The zero-order valence-electron chi connectivity index (χ0n) is 13.9. The van der Waals surface area contributed by atoms with Crippen LogP contribution in [0.1, 0.15) is 25.7 Å². The van der Waals surface area contributed by atoms with Crippen molar-refractivity contribution in [3.8, 4) is 17.2 Å². The first kappa shape index (κ1) is 15.9. The number of hydrogen-bond acceptors (Lipinski definition) is 5. The van der Waals surface area contributed by atoms with E-state index in [0.29, 0.717) is 17.6 Å². The van der Waals surface area contributed by atoms with Gasteiger partial charge in [0.15, 0.2) is 11.5 Å². The van der Waals surface area contributed by atoms with E-state index in [1.165, 1.54) is 0 Å². The second kappa shape index (κ2) is 7.04. The third-order valence-corrected chi connectivity index (χ3v) is 4.42. The van der Waals surface area contributed by atoms with Crippen molar-refractivity contribution in [3.05, 3.63) is 24.4 Å². The van der Waals surface area contributed by atoms with Gasteiger partial charge in [-0.1, -0.05) is 0 Å². The van der Waals surface area contributed by atoms with Gasteiger partial charge < -0.3 is 18.9 Å². The highest BCUT2D eigenvalue weighted by Crippen LogP contribution is 2.33. The maximum absolute atomic E-state index is 6.10. The molecule has 1 saturated carbocycles. The molecule has 0 spiro atoms. The summed E-state index contributed by atoms with van der Waals surface area (Å²) < 4.78 is 22.2. The van der Waals surface area contributed by atoms with Crippen LogP contribution >= 0.6 is 0 Å². The molecule has 23 heavy (non-hydrogen) atoms. The molecule has 1 aliphatic carbocycles. The summed E-state index contributed by atoms with van der Waals surface area (Å²) in [5.74, 6) is 2.17. The van der Waals surface area contributed by atoms with Gasteiger partial charge in [0.1, 0.15) is 5.75 Å². The third-order valence-electron chi connectivity index (χ3n) is 4.42. The quantitative estimate of drug-likeness (QED) is 0.843. The Morgan fingerprint density at radius 2 is 1.52 bits per heavy atom. The molecule has 0 saturated heterocycles. The number of hydrogen-bond donors (Lipinski definition) is 0. The third kappa shape index (κ3) is 3.50. The summed E-state index contributed by atoms with van der Waals surface area (Å²) in [4.78, 5) is 4.48. The first-order valence-electron chi connectivity index (χ1n) is 7.94. The number of nitrogens with zero attached hydrogens (tertiary/aromatic N) is 1. The van der Waals surface area contributed by atoms with Crippen molar-refractivity contribution in [1.29, 1.82) is 0 Å². The normalized spacial score (nSPS) is 21.2. The van der Waals surface area contributed by atoms with Gasteiger partial charge in [0, 0.05) is 18.6 Å². The Morgan fingerprint density at radius 1 is 0.870 bits per heavy atom. The van der Waals surface area contributed by atoms with Gasteiger partial charge in [0.25, 0.3) is 0 Å². The van der Waals surface area contributed by atoms with Crippen LogP contribution in [0.15, 0.2) is 24.4 Å². The maximum atomic E-state index is 6.10. The van der Waals surface area contributed by atoms with E-state index in [1.807, 2.05) is 18.2 Å². The van der Waals surface area contributed by atoms with Crippen LogP contribution in [0.5, 0.6) is 17.2 Å². The molecule has 1 aromatic carbocycles. The molecule has 1 aromatic heterocycles. The lowest BCUT2D eigenvalue weighted by Crippen LogP contribution is -2.27. The van der Waals surface area contributed by atoms with Crippen molar-refractivity contribution >= 4 is 10.9 Å². The van der Waals surface area contributed by atoms with Crippen molar-refractivity contribution in [2.24, 2.45) is 0 Å². The zero-order valence-corrected chi connectivity index (χ0v) is 13.9. The summed E-state index contributed by atoms with van der Waals surface area (Å²) in [6.07, 6.45) is 6.52. The van der Waals surface area contributed by atoms with Crippen LogP contribution in [0.4, 0.5) is 0 Å². The first-order chi connectivity index (χ1) is 11.2. The lowest BCUT2D eigenvalue weighted by molar-refractivity contribution is 0.0327. The highest BCUT2D eigenvalue weighted by Gasteiger charge is 2.22. The Balaban J connectivity index is 1.77. The van der Waals surface area contributed by atoms with Gasteiger partial charge in [-0.25, -0.2) is 0 Å². The van der Waals surface area contributed by atoms with Gasteiger partial charge in [-0.15, -0.1) is 0 Å². The Bertz CT molecular complexity index is 665. The average molecular weight is 317 g/mol. The lowest BCUT2D eigenvalue weighted by Gasteiger charge is -2.28. The molecule has 5 nitrogen and oxygen atoms in total. The molecule has 5 heteroatoms. The smallest absolute Gasteiger partial charge is 0.162 e. The SMILES string of the molecule is COc1cc2cc(OC3CCC(OC)CC3)cnc2cc1OC. The van der Waals surface area contributed by atoms with Gasteiger partial charge in [0.05, 0.1) is 38.1 Å². The standard InChI is InChI=1S/C18H23NO4/c1-20-13-4-6-14(7-5-13)23-15-8-12-9-17(21-2)18(22-3)10-16(12)19-11-15/h8-11,13-14H,4-7H2,1-3H3. The van der Waals surface area contributed by atoms with E-state index in [2.05, 4.69) is 4.98 Å². The fourth-order valence-corrected chi connectivity index (χ4v) is 3.08. The topological polar surface area (TPSA) is 49.8 Å². The monoisotopic (exact) mass is 317 g/mol. The van der Waals surface area contributed by atoms with E-state index in [0.717, 1.165) is 42.3 Å². The highest BCUT2D eigenvalue weighted by molar-refractivity contribution is 5.83. The highest BCUT2D eigenvalue weighted by atomic mass is 16.5. The van der Waals surface area contributed by atoms with E-state index in [-0.39, 0.29) is 6.10 Å². The summed E-state index contributed by atoms with van der Waals surface area (Å²) in [5, 5.41) is 0.978. The predicted molar refractivity (Wildman–Crippen MR) is 88.5 cm³/mol. The van der Waals surface area contributed by atoms with Gasteiger partial charge >= 0.3 is 0 Å². The van der Waals surface area contributed by atoms with Crippen LogP contribution in [0.2, 0.25) is 0 Å². The molecule has 124 valence electrons. The average Bonchev–Trinajstić information content (AvgIpc) is 2.61. The number of rotatable bonds is 5. The summed E-state index contributed by atoms with van der Waals surface area (Å²) in [6, 6.07) is 5.81. The van der Waals surface area contributed by atoms with Gasteiger partial charge in [-0.2, -0.15) is 0 Å². The molecular weight excluding hydrogens is 294 g/mol. The van der Waals surface area contributed by atoms with E-state index < -0.39 is 0 Å². The maximum Gasteiger partial charge on any atom is 0.162 e. The Labute approximate surface area is 136 Å². The molecule has 1 aliphatic rings. The minimum absolute atomic E-state index is 0.237. The van der Waals surface area contributed by atoms with Crippen molar-refractivity contribution in [1.82, 2.24) is 4.98 Å². The van der Waals surface area contributed by atoms with Crippen LogP contribution in [-0.2, 0) is 4.74 Å². The van der Waals surface area contributed by atoms with Crippen LogP contribution in [0.25, 0.3) is 10.9 Å². The Hall–Kier alpha value is -2.01. The van der Waals surface area contributed by atoms with Crippen molar-refractivity contribution in [3.63, 3.8) is 0 Å². The van der Waals surface area contributed by atoms with Gasteiger partial charge in [-0.3, -0.25) is 4.98 Å². The van der Waals surface area contributed by atoms with E-state index in [1.54, 1.807) is 27.5 Å². The Morgan fingerprint density at radius 3 is 2.17 bits per heavy atom.